The minimum Gasteiger partial charge on any atom is -0.377 e. The van der Waals surface area contributed by atoms with Gasteiger partial charge in [-0.2, -0.15) is 0 Å². The number of carbonyl (C=O) groups is 1. The van der Waals surface area contributed by atoms with Gasteiger partial charge in [-0.15, -0.1) is 0 Å². The molecular weight excluding hydrogens is 269 g/mol. The van der Waals surface area contributed by atoms with E-state index in [4.69, 9.17) is 4.74 Å². The average molecular weight is 285 g/mol. The molecule has 0 saturated heterocycles. The molecule has 1 unspecified atom stereocenters. The molecule has 1 aliphatic rings. The van der Waals surface area contributed by atoms with Crippen LogP contribution in [-0.2, 0) is 4.74 Å². The lowest BCUT2D eigenvalue weighted by atomic mass is 9.98. The molecule has 1 heterocycles. The molecule has 21 heavy (non-hydrogen) atoms. The highest BCUT2D eigenvalue weighted by Gasteiger charge is 2.28. The summed E-state index contributed by atoms with van der Waals surface area (Å²) in [5.41, 5.74) is 2.20. The lowest BCUT2D eigenvalue weighted by molar-refractivity contribution is 0.0868. The molecule has 0 aliphatic carbocycles. The molecule has 0 N–H and O–H groups in total. The van der Waals surface area contributed by atoms with Crippen molar-refractivity contribution in [1.82, 2.24) is 0 Å². The van der Waals surface area contributed by atoms with Gasteiger partial charge in [-0.25, -0.2) is 4.39 Å². The molecule has 3 rings (SSSR count). The van der Waals surface area contributed by atoms with Crippen molar-refractivity contribution in [2.24, 2.45) is 0 Å². The SMILES string of the molecule is COC1CCN(C(=O)c2cccc(F)c2)c2ccccc21. The van der Waals surface area contributed by atoms with Crippen molar-refractivity contribution >= 4 is 11.6 Å². The Labute approximate surface area is 123 Å². The van der Waals surface area contributed by atoms with E-state index in [-0.39, 0.29) is 12.0 Å². The smallest absolute Gasteiger partial charge is 0.258 e. The van der Waals surface area contributed by atoms with Crippen LogP contribution < -0.4 is 4.90 Å². The summed E-state index contributed by atoms with van der Waals surface area (Å²) in [6, 6.07) is 13.5. The Kier molecular flexibility index (Phi) is 3.71. The third kappa shape index (κ3) is 2.54. The summed E-state index contributed by atoms with van der Waals surface area (Å²) in [6.45, 7) is 0.560. The Morgan fingerprint density at radius 2 is 2.05 bits per heavy atom. The molecule has 1 atom stereocenters. The zero-order chi connectivity index (χ0) is 14.8. The van der Waals surface area contributed by atoms with Crippen molar-refractivity contribution < 1.29 is 13.9 Å². The Balaban J connectivity index is 1.98. The van der Waals surface area contributed by atoms with E-state index in [9.17, 15) is 9.18 Å². The Morgan fingerprint density at radius 3 is 2.81 bits per heavy atom. The highest BCUT2D eigenvalue weighted by molar-refractivity contribution is 6.06. The van der Waals surface area contributed by atoms with Gasteiger partial charge in [0.05, 0.1) is 6.10 Å². The second-order valence-corrected chi connectivity index (χ2v) is 5.04. The van der Waals surface area contributed by atoms with Crippen LogP contribution in [0.5, 0.6) is 0 Å². The van der Waals surface area contributed by atoms with Crippen molar-refractivity contribution in [2.45, 2.75) is 12.5 Å². The fourth-order valence-corrected chi connectivity index (χ4v) is 2.76. The molecule has 0 saturated carbocycles. The van der Waals surface area contributed by atoms with Gasteiger partial charge in [0.15, 0.2) is 0 Å². The van der Waals surface area contributed by atoms with E-state index in [1.807, 2.05) is 24.3 Å². The van der Waals surface area contributed by atoms with Crippen molar-refractivity contribution in [3.8, 4) is 0 Å². The molecule has 4 heteroatoms. The summed E-state index contributed by atoms with van der Waals surface area (Å²) in [6.07, 6.45) is 0.729. The number of nitrogens with zero attached hydrogens (tertiary/aromatic N) is 1. The standard InChI is InChI=1S/C17H16FNO2/c1-21-16-9-10-19(15-8-3-2-7-14(15)16)17(20)12-5-4-6-13(18)11-12/h2-8,11,16H,9-10H2,1H3. The zero-order valence-electron chi connectivity index (χ0n) is 11.8. The molecule has 1 amide bonds. The van der Waals surface area contributed by atoms with Crippen molar-refractivity contribution in [2.75, 3.05) is 18.6 Å². The van der Waals surface area contributed by atoms with E-state index in [2.05, 4.69) is 0 Å². The number of carbonyl (C=O) groups excluding carboxylic acids is 1. The van der Waals surface area contributed by atoms with Crippen LogP contribution in [0, 0.1) is 5.82 Å². The Bertz CT molecular complexity index is 671. The number of fused-ring (bicyclic) bond motifs is 1. The van der Waals surface area contributed by atoms with E-state index in [0.717, 1.165) is 17.7 Å². The van der Waals surface area contributed by atoms with E-state index in [1.165, 1.54) is 12.1 Å². The molecular formula is C17H16FNO2. The first-order chi connectivity index (χ1) is 10.2. The van der Waals surface area contributed by atoms with Gasteiger partial charge in [0.25, 0.3) is 5.91 Å². The van der Waals surface area contributed by atoms with Gasteiger partial charge >= 0.3 is 0 Å². The zero-order valence-corrected chi connectivity index (χ0v) is 11.8. The number of rotatable bonds is 2. The molecule has 3 nitrogen and oxygen atoms in total. The topological polar surface area (TPSA) is 29.5 Å². The number of benzene rings is 2. The third-order valence-electron chi connectivity index (χ3n) is 3.79. The first-order valence-electron chi connectivity index (χ1n) is 6.90. The number of methoxy groups -OCH3 is 1. The minimum atomic E-state index is -0.402. The summed E-state index contributed by atoms with van der Waals surface area (Å²) >= 11 is 0. The van der Waals surface area contributed by atoms with E-state index >= 15 is 0 Å². The van der Waals surface area contributed by atoms with Crippen LogP contribution >= 0.6 is 0 Å². The maximum Gasteiger partial charge on any atom is 0.258 e. The predicted octanol–water partition coefficient (Wildman–Crippen LogP) is 3.56. The maximum absolute atomic E-state index is 13.3. The summed E-state index contributed by atoms with van der Waals surface area (Å²) < 4.78 is 18.8. The molecule has 2 aromatic rings. The highest BCUT2D eigenvalue weighted by atomic mass is 19.1. The number of para-hydroxylation sites is 1. The number of halogens is 1. The van der Waals surface area contributed by atoms with Crippen LogP contribution in [-0.4, -0.2) is 19.6 Å². The fraction of sp³-hybridized carbons (Fsp3) is 0.235. The number of amides is 1. The van der Waals surface area contributed by atoms with Gasteiger partial charge in [0.2, 0.25) is 0 Å². The van der Waals surface area contributed by atoms with Crippen LogP contribution in [0.3, 0.4) is 0 Å². The lowest BCUT2D eigenvalue weighted by Gasteiger charge is -2.33. The first kappa shape index (κ1) is 13.8. The highest BCUT2D eigenvalue weighted by Crippen LogP contribution is 2.36. The van der Waals surface area contributed by atoms with Crippen molar-refractivity contribution in [3.63, 3.8) is 0 Å². The normalized spacial score (nSPS) is 17.4. The maximum atomic E-state index is 13.3. The van der Waals surface area contributed by atoms with Crippen molar-refractivity contribution in [3.05, 3.63) is 65.5 Å². The number of anilines is 1. The van der Waals surface area contributed by atoms with Gasteiger partial charge in [-0.3, -0.25) is 4.79 Å². The van der Waals surface area contributed by atoms with E-state index in [0.29, 0.717) is 12.1 Å². The van der Waals surface area contributed by atoms with Gasteiger partial charge < -0.3 is 9.64 Å². The third-order valence-corrected chi connectivity index (χ3v) is 3.79. The average Bonchev–Trinajstić information content (AvgIpc) is 2.53. The van der Waals surface area contributed by atoms with Crippen LogP contribution in [0.25, 0.3) is 0 Å². The fourth-order valence-electron chi connectivity index (χ4n) is 2.76. The summed E-state index contributed by atoms with van der Waals surface area (Å²) in [5, 5.41) is 0. The number of ether oxygens (including phenoxy) is 1. The molecule has 0 bridgehead atoms. The van der Waals surface area contributed by atoms with E-state index in [1.54, 1.807) is 24.1 Å². The van der Waals surface area contributed by atoms with Crippen LogP contribution in [0.1, 0.15) is 28.4 Å². The largest absolute Gasteiger partial charge is 0.377 e. The molecule has 0 fully saturated rings. The number of hydrogen-bond donors (Lipinski definition) is 0. The quantitative estimate of drug-likeness (QED) is 0.844. The molecule has 0 spiro atoms. The molecule has 0 radical (unpaired) electrons. The summed E-state index contributed by atoms with van der Waals surface area (Å²) in [7, 11) is 1.67. The van der Waals surface area contributed by atoms with E-state index < -0.39 is 5.82 Å². The predicted molar refractivity (Wildman–Crippen MR) is 78.9 cm³/mol. The summed E-state index contributed by atoms with van der Waals surface area (Å²) in [5.74, 6) is -0.586. The molecule has 1 aliphatic heterocycles. The second kappa shape index (κ2) is 5.66. The molecule has 2 aromatic carbocycles. The number of hydrogen-bond acceptors (Lipinski definition) is 2. The Hall–Kier alpha value is -2.20. The molecule has 108 valence electrons. The van der Waals surface area contributed by atoms with Crippen LogP contribution in [0.15, 0.2) is 48.5 Å². The van der Waals surface area contributed by atoms with Crippen LogP contribution in [0.4, 0.5) is 10.1 Å². The monoisotopic (exact) mass is 285 g/mol. The first-order valence-corrected chi connectivity index (χ1v) is 6.90. The van der Waals surface area contributed by atoms with Crippen molar-refractivity contribution in [1.29, 1.82) is 0 Å². The van der Waals surface area contributed by atoms with Gasteiger partial charge in [-0.05, 0) is 30.7 Å². The Morgan fingerprint density at radius 1 is 1.24 bits per heavy atom. The van der Waals surface area contributed by atoms with Gasteiger partial charge in [0, 0.05) is 30.5 Å². The van der Waals surface area contributed by atoms with Crippen LogP contribution in [0.2, 0.25) is 0 Å². The second-order valence-electron chi connectivity index (χ2n) is 5.04. The van der Waals surface area contributed by atoms with Gasteiger partial charge in [-0.1, -0.05) is 24.3 Å². The lowest BCUT2D eigenvalue weighted by Crippen LogP contribution is -2.37. The minimum absolute atomic E-state index is 0.00207. The summed E-state index contributed by atoms with van der Waals surface area (Å²) in [4.78, 5) is 14.3. The van der Waals surface area contributed by atoms with Gasteiger partial charge in [0.1, 0.15) is 5.82 Å². The molecule has 0 aromatic heterocycles.